The summed E-state index contributed by atoms with van der Waals surface area (Å²) >= 11 is -2.13. The third-order valence-corrected chi connectivity index (χ3v) is 4.91. The zero-order valence-electron chi connectivity index (χ0n) is 7.03. The van der Waals surface area contributed by atoms with Gasteiger partial charge in [0, 0.05) is 0 Å². The summed E-state index contributed by atoms with van der Waals surface area (Å²) in [7, 11) is 18.0. The van der Waals surface area contributed by atoms with Gasteiger partial charge in [0.05, 0.1) is 0 Å². The normalized spacial score (nSPS) is 10.2. The number of hydrogen-bond acceptors (Lipinski definition) is 0. The van der Waals surface area contributed by atoms with Crippen molar-refractivity contribution in [3.63, 3.8) is 0 Å². The van der Waals surface area contributed by atoms with Crippen LogP contribution in [0.4, 0.5) is 0 Å². The van der Waals surface area contributed by atoms with Crippen molar-refractivity contribution in [1.29, 1.82) is 0 Å². The van der Waals surface area contributed by atoms with E-state index < -0.39 is 18.2 Å². The minimum absolute atomic E-state index is 1.49. The molecule has 0 saturated carbocycles. The summed E-state index contributed by atoms with van der Waals surface area (Å²) in [4.78, 5) is 0. The quantitative estimate of drug-likeness (QED) is 0.543. The predicted octanol–water partition coefficient (Wildman–Crippen LogP) is 5.56. The summed E-state index contributed by atoms with van der Waals surface area (Å²) in [5.74, 6) is 0. The summed E-state index contributed by atoms with van der Waals surface area (Å²) in [6.45, 7) is 6.62. The molecule has 0 unspecified atom stereocenters. The molecule has 0 fully saturated rings. The SMILES string of the molecule is Cc1pp[c-](C)c1C.[Cl][Zr]([Cl])[Cl]. The zero-order valence-corrected chi connectivity index (χ0v) is 13.5. The molecule has 0 radical (unpaired) electrons. The van der Waals surface area contributed by atoms with Crippen LogP contribution in [0.5, 0.6) is 0 Å². The van der Waals surface area contributed by atoms with Crippen LogP contribution in [0.15, 0.2) is 0 Å². The van der Waals surface area contributed by atoms with Gasteiger partial charge in [-0.1, -0.05) is 6.92 Å². The molecular formula is C6H9Cl3P2Zr-. The van der Waals surface area contributed by atoms with Crippen LogP contribution in [0.2, 0.25) is 0 Å². The van der Waals surface area contributed by atoms with Gasteiger partial charge in [0.1, 0.15) is 0 Å². The fourth-order valence-electron chi connectivity index (χ4n) is 0.562. The Morgan fingerprint density at radius 1 is 1.25 bits per heavy atom. The molecule has 1 rings (SSSR count). The second kappa shape index (κ2) is 7.28. The third-order valence-electron chi connectivity index (χ3n) is 1.44. The number of aryl methyl sites for hydroxylation is 2. The topological polar surface area (TPSA) is 0 Å². The summed E-state index contributed by atoms with van der Waals surface area (Å²) in [5.41, 5.74) is 1.52. The molecule has 0 aliphatic heterocycles. The molecular weight excluding hydrogens is 332 g/mol. The zero-order chi connectivity index (χ0) is 9.72. The van der Waals surface area contributed by atoms with E-state index in [4.69, 9.17) is 25.5 Å². The molecule has 1 heterocycles. The van der Waals surface area contributed by atoms with Gasteiger partial charge in [-0.2, -0.15) is 31.9 Å². The van der Waals surface area contributed by atoms with E-state index in [2.05, 4.69) is 20.8 Å². The monoisotopic (exact) mass is 338 g/mol. The van der Waals surface area contributed by atoms with Gasteiger partial charge in [-0.3, -0.25) is 0 Å². The minimum atomic E-state index is -2.13. The molecule has 0 aliphatic rings. The number of hydrogen-bond donors (Lipinski definition) is 0. The molecule has 0 N–H and O–H groups in total. The van der Waals surface area contributed by atoms with Crippen molar-refractivity contribution in [3.05, 3.63) is 16.2 Å². The molecule has 0 spiro atoms. The van der Waals surface area contributed by atoms with E-state index in [0.29, 0.717) is 0 Å². The summed E-state index contributed by atoms with van der Waals surface area (Å²) in [5, 5.41) is 3.09. The summed E-state index contributed by atoms with van der Waals surface area (Å²) in [6.07, 6.45) is 0. The maximum absolute atomic E-state index is 5.00. The van der Waals surface area contributed by atoms with E-state index in [-0.39, 0.29) is 0 Å². The van der Waals surface area contributed by atoms with Crippen LogP contribution < -0.4 is 0 Å². The van der Waals surface area contributed by atoms with Crippen LogP contribution in [0.3, 0.4) is 0 Å². The van der Waals surface area contributed by atoms with Crippen LogP contribution in [0.25, 0.3) is 0 Å². The Hall–Kier alpha value is 1.96. The van der Waals surface area contributed by atoms with E-state index >= 15 is 0 Å². The predicted molar refractivity (Wildman–Crippen MR) is 58.8 cm³/mol. The van der Waals surface area contributed by atoms with Gasteiger partial charge in [0.25, 0.3) is 0 Å². The van der Waals surface area contributed by atoms with E-state index in [1.807, 2.05) is 0 Å². The summed E-state index contributed by atoms with van der Waals surface area (Å²) < 4.78 is 0. The molecule has 69 valence electrons. The van der Waals surface area contributed by atoms with Crippen LogP contribution >= 0.6 is 41.3 Å². The number of halogens is 3. The second-order valence-corrected chi connectivity index (χ2v) is 16.3. The van der Waals surface area contributed by atoms with Gasteiger partial charge in [0.15, 0.2) is 0 Å². The van der Waals surface area contributed by atoms with Crippen LogP contribution in [0, 0.1) is 20.8 Å². The average Bonchev–Trinajstić information content (AvgIpc) is 2.19. The first kappa shape index (κ1) is 14.0. The second-order valence-electron chi connectivity index (χ2n) is 2.21. The Balaban J connectivity index is 0.000000261. The molecule has 0 bridgehead atoms. The van der Waals surface area contributed by atoms with E-state index in [1.54, 1.807) is 10.6 Å². The van der Waals surface area contributed by atoms with E-state index in [0.717, 1.165) is 0 Å². The van der Waals surface area contributed by atoms with Crippen molar-refractivity contribution in [2.24, 2.45) is 0 Å². The Morgan fingerprint density at radius 3 is 1.75 bits per heavy atom. The first-order valence-corrected chi connectivity index (χ1v) is 15.2. The van der Waals surface area contributed by atoms with Crippen molar-refractivity contribution >= 4 is 41.3 Å². The Labute approximate surface area is 95.4 Å². The van der Waals surface area contributed by atoms with Crippen molar-refractivity contribution in [1.82, 2.24) is 0 Å². The molecule has 0 nitrogen and oxygen atoms in total. The average molecular weight is 341 g/mol. The Bertz CT molecular complexity index is 214. The Morgan fingerprint density at radius 2 is 1.67 bits per heavy atom. The van der Waals surface area contributed by atoms with Crippen LogP contribution in [-0.2, 0) is 18.2 Å². The summed E-state index contributed by atoms with van der Waals surface area (Å²) in [6, 6.07) is 0. The van der Waals surface area contributed by atoms with Gasteiger partial charge < -0.3 is 0 Å². The van der Waals surface area contributed by atoms with Gasteiger partial charge >= 0.3 is 43.7 Å². The molecule has 1 aromatic heterocycles. The van der Waals surface area contributed by atoms with Crippen LogP contribution in [-0.4, -0.2) is 0 Å². The molecule has 0 saturated heterocycles. The van der Waals surface area contributed by atoms with Crippen molar-refractivity contribution in [3.8, 4) is 0 Å². The van der Waals surface area contributed by atoms with Crippen molar-refractivity contribution < 1.29 is 18.2 Å². The van der Waals surface area contributed by atoms with Crippen LogP contribution in [0.1, 0.15) is 16.2 Å². The first-order chi connectivity index (χ1) is 5.45. The van der Waals surface area contributed by atoms with E-state index in [9.17, 15) is 0 Å². The fraction of sp³-hybridized carbons (Fsp3) is 0.500. The molecule has 0 aromatic carbocycles. The Kier molecular flexibility index (Phi) is 8.47. The van der Waals surface area contributed by atoms with Crippen molar-refractivity contribution in [2.75, 3.05) is 0 Å². The molecule has 0 aliphatic carbocycles. The number of rotatable bonds is 0. The van der Waals surface area contributed by atoms with Crippen molar-refractivity contribution in [2.45, 2.75) is 20.8 Å². The molecule has 0 atom stereocenters. The van der Waals surface area contributed by atoms with Gasteiger partial charge in [-0.25, -0.2) is 0 Å². The third kappa shape index (κ3) is 6.42. The van der Waals surface area contributed by atoms with Gasteiger partial charge in [0.2, 0.25) is 0 Å². The molecule has 6 heteroatoms. The first-order valence-electron chi connectivity index (χ1n) is 3.21. The maximum atomic E-state index is 5.00. The molecule has 0 amide bonds. The van der Waals surface area contributed by atoms with E-state index in [1.165, 1.54) is 21.3 Å². The molecule has 12 heavy (non-hydrogen) atoms. The molecule has 1 aromatic rings. The standard InChI is InChI=1S/C6H9P2.3ClH.Zr/c1-4-5(2)7-8-6(4)3;;;;/h1-3H3;3*1H;/q-1;;;;+3/p-3. The fourth-order valence-corrected chi connectivity index (χ4v) is 3.39. The van der Waals surface area contributed by atoms with Gasteiger partial charge in [-0.05, 0) is 0 Å². The van der Waals surface area contributed by atoms with Gasteiger partial charge in [-0.15, -0.1) is 13.8 Å².